The minimum atomic E-state index is -1.09. The van der Waals surface area contributed by atoms with Gasteiger partial charge in [0.1, 0.15) is 22.4 Å². The van der Waals surface area contributed by atoms with Crippen molar-refractivity contribution in [1.82, 2.24) is 4.90 Å². The number of thioether (sulfide) groups is 1. The van der Waals surface area contributed by atoms with Gasteiger partial charge in [-0.2, -0.15) is 0 Å². The molecule has 0 spiro atoms. The molecule has 2 unspecified atom stereocenters. The number of phenols is 1. The molecule has 0 bridgehead atoms. The van der Waals surface area contributed by atoms with Crippen LogP contribution in [0.25, 0.3) is 0 Å². The number of carbonyl (C=O) groups excluding carboxylic acids is 2. The second kappa shape index (κ2) is 6.72. The number of hydrogen-bond donors (Lipinski definition) is 2. The van der Waals surface area contributed by atoms with Crippen LogP contribution < -0.4 is 4.74 Å². The smallest absolute Gasteiger partial charge is 0.327 e. The Hall–Kier alpha value is -2.22. The van der Waals surface area contributed by atoms with Crippen LogP contribution in [0.3, 0.4) is 0 Å². The van der Waals surface area contributed by atoms with Crippen LogP contribution in [0.5, 0.6) is 11.5 Å². The van der Waals surface area contributed by atoms with Gasteiger partial charge in [-0.25, -0.2) is 4.79 Å². The third kappa shape index (κ3) is 3.06. The first-order chi connectivity index (χ1) is 11.2. The molecule has 1 heterocycles. The topological polar surface area (TPSA) is 104 Å². The summed E-state index contributed by atoms with van der Waals surface area (Å²) in [6.45, 7) is 4.37. The summed E-state index contributed by atoms with van der Waals surface area (Å²) in [6.07, 6.45) is 0.387. The van der Waals surface area contributed by atoms with Gasteiger partial charge in [0, 0.05) is 25.2 Å². The third-order valence-electron chi connectivity index (χ3n) is 3.93. The van der Waals surface area contributed by atoms with Crippen molar-refractivity contribution in [1.29, 1.82) is 0 Å². The minimum absolute atomic E-state index is 0.0856. The Kier molecular flexibility index (Phi) is 5.08. The molecular formula is C16H19NO6S. The Morgan fingerprint density at radius 2 is 2.04 bits per heavy atom. The van der Waals surface area contributed by atoms with Crippen LogP contribution in [0.2, 0.25) is 0 Å². The first-order valence-corrected chi connectivity index (χ1v) is 8.40. The van der Waals surface area contributed by atoms with Crippen LogP contribution in [-0.2, 0) is 19.3 Å². The van der Waals surface area contributed by atoms with Crippen LogP contribution in [0.1, 0.15) is 32.8 Å². The highest BCUT2D eigenvalue weighted by molar-refractivity contribution is 8.00. The molecule has 0 aliphatic carbocycles. The lowest BCUT2D eigenvalue weighted by molar-refractivity contribution is -0.150. The number of carboxylic acid groups (broad SMARTS) is 1. The van der Waals surface area contributed by atoms with Crippen molar-refractivity contribution in [3.63, 3.8) is 0 Å². The van der Waals surface area contributed by atoms with E-state index in [4.69, 9.17) is 4.74 Å². The number of carboxylic acids is 1. The van der Waals surface area contributed by atoms with E-state index in [1.165, 1.54) is 48.7 Å². The van der Waals surface area contributed by atoms with Crippen LogP contribution >= 0.6 is 11.8 Å². The van der Waals surface area contributed by atoms with E-state index in [2.05, 4.69) is 0 Å². The van der Waals surface area contributed by atoms with Crippen LogP contribution in [0, 0.1) is 0 Å². The van der Waals surface area contributed by atoms with Crippen LogP contribution in [-0.4, -0.2) is 44.8 Å². The number of benzene rings is 1. The zero-order valence-electron chi connectivity index (χ0n) is 13.6. The summed E-state index contributed by atoms with van der Waals surface area (Å²) in [7, 11) is 0. The Morgan fingerprint density at radius 1 is 1.38 bits per heavy atom. The van der Waals surface area contributed by atoms with Gasteiger partial charge in [0.2, 0.25) is 5.91 Å². The number of nitrogens with zero attached hydrogens (tertiary/aromatic N) is 1. The first kappa shape index (κ1) is 18.1. The Bertz CT molecular complexity index is 691. The van der Waals surface area contributed by atoms with Gasteiger partial charge < -0.3 is 19.8 Å². The molecule has 1 fully saturated rings. The highest BCUT2D eigenvalue weighted by atomic mass is 32.2. The Balaban J connectivity index is 2.59. The molecule has 0 radical (unpaired) electrons. The van der Waals surface area contributed by atoms with E-state index in [9.17, 15) is 24.6 Å². The summed E-state index contributed by atoms with van der Waals surface area (Å²) in [5.74, 6) is -1.65. The normalized spacial score (nSPS) is 23.1. The van der Waals surface area contributed by atoms with Crippen LogP contribution in [0.4, 0.5) is 0 Å². The molecule has 0 saturated carbocycles. The van der Waals surface area contributed by atoms with Gasteiger partial charge in [-0.3, -0.25) is 9.59 Å². The number of carbonyl (C=O) groups is 3. The highest BCUT2D eigenvalue weighted by Crippen LogP contribution is 2.52. The molecule has 1 aromatic carbocycles. The van der Waals surface area contributed by atoms with E-state index < -0.39 is 28.8 Å². The lowest BCUT2D eigenvalue weighted by Gasteiger charge is -2.38. The lowest BCUT2D eigenvalue weighted by Crippen LogP contribution is -2.49. The predicted molar refractivity (Wildman–Crippen MR) is 87.8 cm³/mol. The van der Waals surface area contributed by atoms with Crippen molar-refractivity contribution in [2.24, 2.45) is 0 Å². The van der Waals surface area contributed by atoms with Crippen molar-refractivity contribution in [2.75, 3.05) is 5.75 Å². The maximum Gasteiger partial charge on any atom is 0.327 e. The molecule has 8 heteroatoms. The monoisotopic (exact) mass is 353 g/mol. The average molecular weight is 353 g/mol. The lowest BCUT2D eigenvalue weighted by atomic mass is 9.98. The van der Waals surface area contributed by atoms with E-state index in [0.717, 1.165) is 0 Å². The van der Waals surface area contributed by atoms with E-state index in [1.54, 1.807) is 0 Å². The van der Waals surface area contributed by atoms with Gasteiger partial charge in [0.15, 0.2) is 0 Å². The van der Waals surface area contributed by atoms with Crippen molar-refractivity contribution in [2.45, 2.75) is 38.1 Å². The molecule has 1 amide bonds. The van der Waals surface area contributed by atoms with Gasteiger partial charge >= 0.3 is 11.9 Å². The molecule has 2 N–H and O–H groups in total. The predicted octanol–water partition coefficient (Wildman–Crippen LogP) is 1.93. The molecule has 1 aromatic rings. The maximum absolute atomic E-state index is 12.2. The SMILES string of the molecule is CCC1(c2cc(OC(C)=O)ccc2O)SCC(C(=O)O)N1C(C)=O. The molecule has 24 heavy (non-hydrogen) atoms. The van der Waals surface area contributed by atoms with E-state index in [-0.39, 0.29) is 17.3 Å². The fourth-order valence-electron chi connectivity index (χ4n) is 3.00. The zero-order valence-corrected chi connectivity index (χ0v) is 14.4. The Morgan fingerprint density at radius 3 is 2.54 bits per heavy atom. The molecule has 2 atom stereocenters. The second-order valence-electron chi connectivity index (χ2n) is 5.46. The number of phenolic OH excluding ortho intramolecular Hbond substituents is 1. The molecule has 1 saturated heterocycles. The van der Waals surface area contributed by atoms with E-state index >= 15 is 0 Å². The molecular weight excluding hydrogens is 334 g/mol. The quantitative estimate of drug-likeness (QED) is 0.629. The second-order valence-corrected chi connectivity index (χ2v) is 6.76. The number of ether oxygens (including phenoxy) is 1. The molecule has 7 nitrogen and oxygen atoms in total. The number of rotatable bonds is 4. The minimum Gasteiger partial charge on any atom is -0.508 e. The average Bonchev–Trinajstić information content (AvgIpc) is 2.89. The number of esters is 1. The molecule has 130 valence electrons. The van der Waals surface area contributed by atoms with Crippen molar-refractivity contribution in [3.05, 3.63) is 23.8 Å². The molecule has 2 rings (SSSR count). The fraction of sp³-hybridized carbons (Fsp3) is 0.438. The molecule has 1 aliphatic rings. The Labute approximate surface area is 143 Å². The number of hydrogen-bond acceptors (Lipinski definition) is 6. The number of aliphatic carboxylic acids is 1. The van der Waals surface area contributed by atoms with Crippen molar-refractivity contribution >= 4 is 29.6 Å². The van der Waals surface area contributed by atoms with Gasteiger partial charge in [-0.15, -0.1) is 11.8 Å². The van der Waals surface area contributed by atoms with Gasteiger partial charge in [0.25, 0.3) is 0 Å². The van der Waals surface area contributed by atoms with Crippen LogP contribution in [0.15, 0.2) is 18.2 Å². The van der Waals surface area contributed by atoms with E-state index in [0.29, 0.717) is 12.0 Å². The summed E-state index contributed by atoms with van der Waals surface area (Å²) in [5.41, 5.74) is 0.354. The third-order valence-corrected chi connectivity index (χ3v) is 5.60. The molecule has 0 aromatic heterocycles. The fourth-order valence-corrected chi connectivity index (χ4v) is 4.64. The van der Waals surface area contributed by atoms with Crippen molar-refractivity contribution in [3.8, 4) is 11.5 Å². The molecule has 1 aliphatic heterocycles. The standard InChI is InChI=1S/C16H19NO6S/c1-4-16(17(9(2)18)13(8-24-16)15(21)22)12-7-11(23-10(3)19)5-6-14(12)20/h5-7,13,20H,4,8H2,1-3H3,(H,21,22). The maximum atomic E-state index is 12.2. The summed E-state index contributed by atoms with van der Waals surface area (Å²) < 4.78 is 5.05. The van der Waals surface area contributed by atoms with E-state index in [1.807, 2.05) is 6.92 Å². The summed E-state index contributed by atoms with van der Waals surface area (Å²) in [6, 6.07) is 3.31. The number of aromatic hydroxyl groups is 1. The largest absolute Gasteiger partial charge is 0.508 e. The first-order valence-electron chi connectivity index (χ1n) is 7.41. The van der Waals surface area contributed by atoms with Gasteiger partial charge in [-0.05, 0) is 24.6 Å². The summed E-state index contributed by atoms with van der Waals surface area (Å²) >= 11 is 1.28. The highest BCUT2D eigenvalue weighted by Gasteiger charge is 2.52. The van der Waals surface area contributed by atoms with Crippen molar-refractivity contribution < 1.29 is 29.3 Å². The summed E-state index contributed by atoms with van der Waals surface area (Å²) in [5, 5.41) is 19.7. The van der Waals surface area contributed by atoms with Gasteiger partial charge in [-0.1, -0.05) is 6.92 Å². The number of amides is 1. The van der Waals surface area contributed by atoms with Gasteiger partial charge in [0.05, 0.1) is 0 Å². The summed E-state index contributed by atoms with van der Waals surface area (Å²) in [4.78, 5) is 35.1. The zero-order chi connectivity index (χ0) is 18.1.